The maximum absolute atomic E-state index is 12.9. The minimum absolute atomic E-state index is 0.0799. The van der Waals surface area contributed by atoms with Crippen molar-refractivity contribution in [1.82, 2.24) is 10.5 Å². The number of allylic oxidation sites excluding steroid dienone is 2. The van der Waals surface area contributed by atoms with E-state index in [-0.39, 0.29) is 29.8 Å². The number of azo groups is 2. The molecule has 2 heterocycles. The highest BCUT2D eigenvalue weighted by atomic mass is 16.4. The van der Waals surface area contributed by atoms with Crippen LogP contribution >= 0.6 is 0 Å². The molecule has 5 N–H and O–H groups in total. The predicted octanol–water partition coefficient (Wildman–Crippen LogP) is 7.00. The summed E-state index contributed by atoms with van der Waals surface area (Å²) in [5.41, 5.74) is 14.0. The van der Waals surface area contributed by atoms with Gasteiger partial charge in [0.05, 0.1) is 47.9 Å². The molecule has 14 heteroatoms. The van der Waals surface area contributed by atoms with Crippen molar-refractivity contribution in [2.75, 3.05) is 5.73 Å². The highest BCUT2D eigenvalue weighted by Crippen LogP contribution is 2.32. The number of carboxylic acids is 1. The number of nitrogens with zero attached hydrogens (tertiary/aromatic N) is 4. The van der Waals surface area contributed by atoms with E-state index >= 15 is 0 Å². The van der Waals surface area contributed by atoms with Crippen LogP contribution in [-0.4, -0.2) is 68.2 Å². The molecule has 2 unspecified atom stereocenters. The highest BCUT2D eigenvalue weighted by molar-refractivity contribution is 6.65. The topological polar surface area (TPSA) is 188 Å². The Hall–Kier alpha value is -4.55. The number of nitrogen functional groups attached to an aromatic ring is 1. The number of carbonyl (C=O) groups excluding carboxylic acids is 3. The third-order valence-corrected chi connectivity index (χ3v) is 10.8. The Bertz CT molecular complexity index is 1720. The van der Waals surface area contributed by atoms with E-state index in [1.165, 1.54) is 33.2 Å². The number of hydrogen-bond acceptors (Lipinski definition) is 11. The van der Waals surface area contributed by atoms with Gasteiger partial charge < -0.3 is 30.9 Å². The van der Waals surface area contributed by atoms with Gasteiger partial charge in [0.25, 0.3) is 14.8 Å². The molecule has 0 bridgehead atoms. The summed E-state index contributed by atoms with van der Waals surface area (Å²) in [6.45, 7) is 8.05. The number of benzene rings is 2. The van der Waals surface area contributed by atoms with E-state index in [1.807, 2.05) is 64.1 Å². The zero-order valence-electron chi connectivity index (χ0n) is 32.6. The summed E-state index contributed by atoms with van der Waals surface area (Å²) in [6.07, 6.45) is 12.6. The molecule has 2 aliphatic carbocycles. The van der Waals surface area contributed by atoms with Crippen molar-refractivity contribution in [3.8, 4) is 0 Å². The number of aliphatic carboxylic acids is 1. The smallest absolute Gasteiger partial charge is 0.319 e. The number of rotatable bonds is 14. The van der Waals surface area contributed by atoms with Crippen LogP contribution in [0.4, 0.5) is 5.69 Å². The second-order valence-corrected chi connectivity index (χ2v) is 14.8. The summed E-state index contributed by atoms with van der Waals surface area (Å²) in [6, 6.07) is 15.3. The lowest BCUT2D eigenvalue weighted by Crippen LogP contribution is -2.46. The second-order valence-electron chi connectivity index (χ2n) is 14.8. The van der Waals surface area contributed by atoms with Gasteiger partial charge >= 0.3 is 5.97 Å². The molecule has 2 aliphatic heterocycles. The zero-order chi connectivity index (χ0) is 39.7. The van der Waals surface area contributed by atoms with Gasteiger partial charge in [-0.1, -0.05) is 74.9 Å². The first-order chi connectivity index (χ1) is 26.5. The zero-order valence-corrected chi connectivity index (χ0v) is 32.6. The van der Waals surface area contributed by atoms with E-state index < -0.39 is 12.0 Å². The third kappa shape index (κ3) is 12.7. The van der Waals surface area contributed by atoms with Gasteiger partial charge in [-0.3, -0.25) is 9.59 Å². The van der Waals surface area contributed by atoms with E-state index in [9.17, 15) is 19.2 Å². The van der Waals surface area contributed by atoms with Crippen molar-refractivity contribution in [2.24, 2.45) is 32.3 Å². The van der Waals surface area contributed by atoms with Gasteiger partial charge in [-0.15, -0.1) is 0 Å². The van der Waals surface area contributed by atoms with Crippen molar-refractivity contribution < 1.29 is 24.3 Å². The summed E-state index contributed by atoms with van der Waals surface area (Å²) >= 11 is 0. The molecule has 4 atom stereocenters. The largest absolute Gasteiger partial charge is 0.480 e. The maximum Gasteiger partial charge on any atom is 0.319 e. The van der Waals surface area contributed by atoms with Crippen LogP contribution in [0.1, 0.15) is 109 Å². The number of nitrogens with two attached hydrogens (primary N) is 1. The fourth-order valence-corrected chi connectivity index (χ4v) is 7.97. The molecule has 0 spiro atoms. The lowest BCUT2D eigenvalue weighted by molar-refractivity contribution is -0.140. The molecule has 4 aliphatic rings. The SMILES string of the molecule is CC1=C(c2ccc(CC(=O)[C@@H](N[B]C=O)C3CCCCC3)cc2)C(C)N=N1.CC1=C(c2ccc(N)cc2)C(C)N=N1.O=C[B]N[C@H](C(=O)O)C1CCCCC1. The first-order valence-corrected chi connectivity index (χ1v) is 19.5. The van der Waals surface area contributed by atoms with Gasteiger partial charge in [0, 0.05) is 23.3 Å². The van der Waals surface area contributed by atoms with E-state index in [0.29, 0.717) is 24.7 Å². The number of Topliss-reactive ketones (excluding diaryl/α,β-unsaturated/α-hetero) is 1. The molecule has 0 amide bonds. The molecule has 12 nitrogen and oxygen atoms in total. The molecule has 2 aromatic rings. The highest BCUT2D eigenvalue weighted by Gasteiger charge is 2.30. The van der Waals surface area contributed by atoms with E-state index in [4.69, 9.17) is 10.8 Å². The van der Waals surface area contributed by atoms with Crippen LogP contribution in [0, 0.1) is 11.8 Å². The number of ketones is 1. The van der Waals surface area contributed by atoms with Crippen LogP contribution in [0.25, 0.3) is 11.1 Å². The Morgan fingerprint density at radius 2 is 1.15 bits per heavy atom. The minimum Gasteiger partial charge on any atom is -0.480 e. The van der Waals surface area contributed by atoms with E-state index in [0.717, 1.165) is 90.7 Å². The monoisotopic (exact) mass is 747 g/mol. The summed E-state index contributed by atoms with van der Waals surface area (Å²) < 4.78 is 0. The summed E-state index contributed by atoms with van der Waals surface area (Å²) in [7, 11) is 2.54. The Labute approximate surface area is 326 Å². The number of carbonyl (C=O) groups is 4. The molecule has 0 aromatic heterocycles. The number of nitrogens with one attached hydrogen (secondary N) is 2. The first-order valence-electron chi connectivity index (χ1n) is 19.5. The average Bonchev–Trinajstić information content (AvgIpc) is 3.71. The van der Waals surface area contributed by atoms with Gasteiger partial charge in [0.1, 0.15) is 0 Å². The number of carboxylic acid groups (broad SMARTS) is 1. The van der Waals surface area contributed by atoms with Gasteiger partial charge in [-0.05, 0) is 94.0 Å². The fourth-order valence-electron chi connectivity index (χ4n) is 7.97. The van der Waals surface area contributed by atoms with Crippen LogP contribution < -0.4 is 16.2 Å². The van der Waals surface area contributed by atoms with Crippen LogP contribution in [0.2, 0.25) is 0 Å². The van der Waals surface area contributed by atoms with Crippen LogP contribution in [-0.2, 0) is 25.6 Å². The summed E-state index contributed by atoms with van der Waals surface area (Å²) in [4.78, 5) is 44.7. The summed E-state index contributed by atoms with van der Waals surface area (Å²) in [5.74, 6) is -0.230. The Kier molecular flexibility index (Phi) is 17.4. The van der Waals surface area contributed by atoms with Crippen molar-refractivity contribution in [3.05, 3.63) is 76.6 Å². The Morgan fingerprint density at radius 3 is 1.55 bits per heavy atom. The lowest BCUT2D eigenvalue weighted by Gasteiger charge is -2.29. The molecule has 0 saturated heterocycles. The fraction of sp³-hybridized carbons (Fsp3) is 0.512. The molecule has 6 rings (SSSR count). The predicted molar refractivity (Wildman–Crippen MR) is 219 cm³/mol. The van der Waals surface area contributed by atoms with Crippen LogP contribution in [0.3, 0.4) is 0 Å². The molecular formula is C41H55B2N7O5. The summed E-state index contributed by atoms with van der Waals surface area (Å²) in [5, 5.41) is 31.2. The molecule has 55 heavy (non-hydrogen) atoms. The first kappa shape index (κ1) is 43.2. The van der Waals surface area contributed by atoms with E-state index in [2.05, 4.69) is 43.0 Å². The quantitative estimate of drug-likeness (QED) is 0.0903. The van der Waals surface area contributed by atoms with Gasteiger partial charge in [0.2, 0.25) is 0 Å². The lowest BCUT2D eigenvalue weighted by atomic mass is 9.79. The Balaban J connectivity index is 0.000000202. The molecular weight excluding hydrogens is 692 g/mol. The van der Waals surface area contributed by atoms with Gasteiger partial charge in [-0.25, -0.2) is 0 Å². The Morgan fingerprint density at radius 1 is 0.727 bits per heavy atom. The number of anilines is 1. The second kappa shape index (κ2) is 22.1. The van der Waals surface area contributed by atoms with Gasteiger partial charge in [0.15, 0.2) is 5.78 Å². The van der Waals surface area contributed by atoms with Crippen molar-refractivity contribution in [1.29, 1.82) is 0 Å². The molecule has 2 radical (unpaired) electrons. The van der Waals surface area contributed by atoms with E-state index in [1.54, 1.807) is 0 Å². The van der Waals surface area contributed by atoms with Crippen LogP contribution in [0.15, 0.2) is 80.4 Å². The molecule has 2 aromatic carbocycles. The van der Waals surface area contributed by atoms with Crippen LogP contribution in [0.5, 0.6) is 0 Å². The molecule has 2 fully saturated rings. The molecule has 290 valence electrons. The van der Waals surface area contributed by atoms with Crippen molar-refractivity contribution in [2.45, 2.75) is 122 Å². The number of hydrogen-bond donors (Lipinski definition) is 4. The molecule has 2 saturated carbocycles. The van der Waals surface area contributed by atoms with Crippen molar-refractivity contribution in [3.63, 3.8) is 0 Å². The maximum atomic E-state index is 12.9. The minimum atomic E-state index is -0.866. The average molecular weight is 748 g/mol. The van der Waals surface area contributed by atoms with Crippen molar-refractivity contribution >= 4 is 55.8 Å². The van der Waals surface area contributed by atoms with Gasteiger partial charge in [-0.2, -0.15) is 20.5 Å². The third-order valence-electron chi connectivity index (χ3n) is 10.8. The standard InChI is InChI=1S/C21H27BN3O2.C11H13N3.C9H15BNO3/c1-14-20(15(2)25-24-14)17-10-8-16(9-11-17)12-19(27)21(23-22-13-26)18-6-4-3-5-7-18;1-7-11(8(2)14-13-7)9-3-5-10(12)6-4-9;12-6-10-11-8(9(13)14)7-4-2-1-3-5-7/h8-11,13-14,18,21,23H,3-7,12H2,1-2H3;3-7H,12H2,1-2H3;6-8,11H,1-5H2,(H,13,14)/t14?,21-;;8-/m0.0/s1. The normalized spacial score (nSPS) is 20.8.